The fourth-order valence-electron chi connectivity index (χ4n) is 1.49. The molecule has 2 aromatic heterocycles. The van der Waals surface area contributed by atoms with E-state index in [1.54, 1.807) is 24.3 Å². The summed E-state index contributed by atoms with van der Waals surface area (Å²) < 4.78 is 5.64. The van der Waals surface area contributed by atoms with Gasteiger partial charge in [0.05, 0.1) is 25.5 Å². The predicted octanol–water partition coefficient (Wildman–Crippen LogP) is 3.53. The molecule has 0 unspecified atom stereocenters. The highest BCUT2D eigenvalue weighted by Crippen LogP contribution is 2.40. The highest BCUT2D eigenvalue weighted by atomic mass is 35.5. The van der Waals surface area contributed by atoms with Crippen LogP contribution in [0.25, 0.3) is 0 Å². The van der Waals surface area contributed by atoms with Gasteiger partial charge in [0, 0.05) is 0 Å². The summed E-state index contributed by atoms with van der Waals surface area (Å²) in [5.41, 5.74) is -1.86. The summed E-state index contributed by atoms with van der Waals surface area (Å²) in [6.07, 6.45) is 0. The lowest BCUT2D eigenvalue weighted by molar-refractivity contribution is -0.158. The molecular weight excluding hydrogens is 315 g/mol. The molecule has 0 aliphatic heterocycles. The monoisotopic (exact) mass is 322 g/mol. The Balaban J connectivity index is 2.57. The summed E-state index contributed by atoms with van der Waals surface area (Å²) in [5, 5.41) is 10.7. The maximum absolute atomic E-state index is 11.9. The molecular formula is C11H8Cl2O3S2. The van der Waals surface area contributed by atoms with Crippen molar-refractivity contribution >= 4 is 51.8 Å². The van der Waals surface area contributed by atoms with E-state index in [0.717, 1.165) is 22.7 Å². The first kappa shape index (κ1) is 13.8. The fraction of sp³-hybridized carbons (Fsp3) is 0.182. The molecule has 0 spiro atoms. The molecule has 0 saturated heterocycles. The Morgan fingerprint density at radius 2 is 1.61 bits per heavy atom. The fourth-order valence-corrected chi connectivity index (χ4v) is 3.82. The molecule has 1 N–H and O–H groups in total. The molecule has 0 saturated carbocycles. The van der Waals surface area contributed by atoms with Crippen LogP contribution >= 0.6 is 45.9 Å². The number of thiophene rings is 2. The van der Waals surface area contributed by atoms with Crippen LogP contribution in [0.15, 0.2) is 24.3 Å². The lowest BCUT2D eigenvalue weighted by Crippen LogP contribution is -2.36. The SMILES string of the molecule is COC(=O)C(O)(c1ccc(Cl)s1)c1ccc(Cl)s1. The predicted molar refractivity (Wildman–Crippen MR) is 73.7 cm³/mol. The molecule has 0 aromatic carbocycles. The number of carbonyl (C=O) groups excluding carboxylic acids is 1. The second-order valence-corrected chi connectivity index (χ2v) is 6.84. The molecule has 18 heavy (non-hydrogen) atoms. The van der Waals surface area contributed by atoms with Crippen LogP contribution in [-0.2, 0) is 15.1 Å². The van der Waals surface area contributed by atoms with Crippen molar-refractivity contribution in [3.63, 3.8) is 0 Å². The van der Waals surface area contributed by atoms with Crippen molar-refractivity contribution in [2.24, 2.45) is 0 Å². The Hall–Kier alpha value is -0.590. The van der Waals surface area contributed by atoms with E-state index in [9.17, 15) is 9.90 Å². The van der Waals surface area contributed by atoms with Gasteiger partial charge in [-0.1, -0.05) is 23.2 Å². The zero-order chi connectivity index (χ0) is 13.3. The van der Waals surface area contributed by atoms with Gasteiger partial charge in [-0.15, -0.1) is 22.7 Å². The van der Waals surface area contributed by atoms with Gasteiger partial charge < -0.3 is 9.84 Å². The molecule has 0 aliphatic rings. The Morgan fingerprint density at radius 1 is 1.17 bits per heavy atom. The van der Waals surface area contributed by atoms with Crippen molar-refractivity contribution in [1.29, 1.82) is 0 Å². The van der Waals surface area contributed by atoms with E-state index in [1.165, 1.54) is 7.11 Å². The third-order valence-corrected chi connectivity index (χ3v) is 5.02. The van der Waals surface area contributed by atoms with Crippen molar-refractivity contribution in [3.8, 4) is 0 Å². The first-order valence-corrected chi connectivity index (χ1v) is 7.19. The van der Waals surface area contributed by atoms with Crippen LogP contribution in [0.4, 0.5) is 0 Å². The number of aliphatic hydroxyl groups is 1. The van der Waals surface area contributed by atoms with E-state index in [0.29, 0.717) is 18.4 Å². The average molecular weight is 323 g/mol. The normalized spacial score (nSPS) is 11.6. The van der Waals surface area contributed by atoms with Gasteiger partial charge in [0.25, 0.3) is 0 Å². The number of esters is 1. The molecule has 96 valence electrons. The van der Waals surface area contributed by atoms with Gasteiger partial charge in [0.1, 0.15) is 0 Å². The van der Waals surface area contributed by atoms with Crippen LogP contribution in [0.1, 0.15) is 9.75 Å². The summed E-state index contributed by atoms with van der Waals surface area (Å²) >= 11 is 13.9. The summed E-state index contributed by atoms with van der Waals surface area (Å²) in [6, 6.07) is 6.42. The van der Waals surface area contributed by atoms with Crippen LogP contribution < -0.4 is 0 Å². The van der Waals surface area contributed by atoms with E-state index in [-0.39, 0.29) is 0 Å². The maximum Gasteiger partial charge on any atom is 0.349 e. The third kappa shape index (κ3) is 2.29. The summed E-state index contributed by atoms with van der Waals surface area (Å²) in [6.45, 7) is 0. The molecule has 0 bridgehead atoms. The Morgan fingerprint density at radius 3 is 1.89 bits per heavy atom. The molecule has 2 heterocycles. The molecule has 0 atom stereocenters. The van der Waals surface area contributed by atoms with E-state index < -0.39 is 11.6 Å². The number of carbonyl (C=O) groups is 1. The second kappa shape index (κ2) is 5.19. The molecule has 2 aromatic rings. The van der Waals surface area contributed by atoms with Crippen LogP contribution in [0.5, 0.6) is 0 Å². The van der Waals surface area contributed by atoms with Gasteiger partial charge in [-0.3, -0.25) is 0 Å². The zero-order valence-electron chi connectivity index (χ0n) is 9.15. The molecule has 0 aliphatic carbocycles. The number of halogens is 2. The highest BCUT2D eigenvalue weighted by molar-refractivity contribution is 7.18. The molecule has 0 fully saturated rings. The summed E-state index contributed by atoms with van der Waals surface area (Å²) in [7, 11) is 1.22. The topological polar surface area (TPSA) is 46.5 Å². The molecule has 0 radical (unpaired) electrons. The highest BCUT2D eigenvalue weighted by Gasteiger charge is 2.44. The van der Waals surface area contributed by atoms with Gasteiger partial charge in [0.2, 0.25) is 5.60 Å². The minimum Gasteiger partial charge on any atom is -0.466 e. The maximum atomic E-state index is 11.9. The van der Waals surface area contributed by atoms with E-state index >= 15 is 0 Å². The summed E-state index contributed by atoms with van der Waals surface area (Å²) in [4.78, 5) is 12.7. The summed E-state index contributed by atoms with van der Waals surface area (Å²) in [5.74, 6) is -0.764. The van der Waals surface area contributed by atoms with Gasteiger partial charge >= 0.3 is 5.97 Å². The average Bonchev–Trinajstić information content (AvgIpc) is 2.96. The Kier molecular flexibility index (Phi) is 3.99. The second-order valence-electron chi connectivity index (χ2n) is 3.41. The molecule has 0 amide bonds. The number of hydrogen-bond acceptors (Lipinski definition) is 5. The standard InChI is InChI=1S/C11H8Cl2O3S2/c1-16-10(14)11(15,6-2-4-8(12)17-6)7-3-5-9(13)18-7/h2-5,15H,1H3. The van der Waals surface area contributed by atoms with Gasteiger partial charge in [-0.25, -0.2) is 4.79 Å². The lowest BCUT2D eigenvalue weighted by atomic mass is 10.0. The number of methoxy groups -OCH3 is 1. The van der Waals surface area contributed by atoms with Crippen LogP contribution in [-0.4, -0.2) is 18.2 Å². The van der Waals surface area contributed by atoms with Crippen molar-refractivity contribution in [2.45, 2.75) is 5.60 Å². The van der Waals surface area contributed by atoms with Gasteiger partial charge in [-0.05, 0) is 24.3 Å². The Labute approximate surface area is 122 Å². The molecule has 3 nitrogen and oxygen atoms in total. The first-order valence-electron chi connectivity index (χ1n) is 4.81. The number of ether oxygens (including phenoxy) is 1. The minimum absolute atomic E-state index is 0.401. The first-order chi connectivity index (χ1) is 8.48. The van der Waals surface area contributed by atoms with Crippen molar-refractivity contribution in [2.75, 3.05) is 7.11 Å². The van der Waals surface area contributed by atoms with E-state index in [4.69, 9.17) is 23.2 Å². The quantitative estimate of drug-likeness (QED) is 0.879. The minimum atomic E-state index is -1.86. The zero-order valence-corrected chi connectivity index (χ0v) is 12.3. The van der Waals surface area contributed by atoms with Crippen LogP contribution in [0, 0.1) is 0 Å². The van der Waals surface area contributed by atoms with Gasteiger partial charge in [-0.2, -0.15) is 0 Å². The van der Waals surface area contributed by atoms with E-state index in [2.05, 4.69) is 4.74 Å². The number of rotatable bonds is 3. The largest absolute Gasteiger partial charge is 0.466 e. The third-order valence-electron chi connectivity index (χ3n) is 2.34. The van der Waals surface area contributed by atoms with Crippen molar-refractivity contribution in [3.05, 3.63) is 42.7 Å². The smallest absolute Gasteiger partial charge is 0.349 e. The van der Waals surface area contributed by atoms with Crippen LogP contribution in [0.3, 0.4) is 0 Å². The van der Waals surface area contributed by atoms with Crippen LogP contribution in [0.2, 0.25) is 8.67 Å². The van der Waals surface area contributed by atoms with E-state index in [1.807, 2.05) is 0 Å². The molecule has 2 rings (SSSR count). The van der Waals surface area contributed by atoms with Crippen molar-refractivity contribution < 1.29 is 14.6 Å². The molecule has 7 heteroatoms. The lowest BCUT2D eigenvalue weighted by Gasteiger charge is -2.22. The number of hydrogen-bond donors (Lipinski definition) is 1. The van der Waals surface area contributed by atoms with Gasteiger partial charge in [0.15, 0.2) is 0 Å². The van der Waals surface area contributed by atoms with Crippen molar-refractivity contribution in [1.82, 2.24) is 0 Å². The Bertz CT molecular complexity index is 536.